The van der Waals surface area contributed by atoms with E-state index in [9.17, 15) is 78.0 Å². The number of imidazole rings is 1. The maximum absolute atomic E-state index is 13.7. The number of aromatic nitrogens is 2. The molecule has 1 rings (SSSR count). The summed E-state index contributed by atoms with van der Waals surface area (Å²) in [6, 6.07) is -15.5. The fraction of sp³-hybridized carbons (Fsp3) is 0.651. The van der Waals surface area contributed by atoms with Crippen molar-refractivity contribution in [3.8, 4) is 0 Å². The van der Waals surface area contributed by atoms with E-state index in [1.165, 1.54) is 47.1 Å². The third-order valence-electron chi connectivity index (χ3n) is 10.6. The summed E-state index contributed by atoms with van der Waals surface area (Å²) in [6.45, 7) is 7.61. The molecule has 0 saturated heterocycles. The Labute approximate surface area is 420 Å². The Morgan fingerprint density at radius 2 is 0.904 bits per heavy atom. The Morgan fingerprint density at radius 1 is 0.521 bits per heavy atom. The Hall–Kier alpha value is -7.31. The van der Waals surface area contributed by atoms with Crippen molar-refractivity contribution < 1.29 is 78.0 Å². The van der Waals surface area contributed by atoms with Gasteiger partial charge in [0.15, 0.2) is 0 Å². The van der Waals surface area contributed by atoms with Gasteiger partial charge in [-0.3, -0.25) is 52.7 Å². The van der Waals surface area contributed by atoms with E-state index < -0.39 is 182 Å². The number of amides is 11. The summed E-state index contributed by atoms with van der Waals surface area (Å²) in [7, 11) is 0. The molecule has 0 spiro atoms. The highest BCUT2D eigenvalue weighted by Crippen LogP contribution is 2.10. The van der Waals surface area contributed by atoms with Crippen molar-refractivity contribution in [1.29, 1.82) is 0 Å². The molecule has 1 aromatic heterocycles. The number of carbonyl (C=O) groups is 12. The number of hydrogen-bond donors (Lipinski definition) is 17. The fourth-order valence-electron chi connectivity index (χ4n) is 6.56. The number of rotatable bonds is 33. The van der Waals surface area contributed by atoms with Crippen LogP contribution in [0.4, 0.5) is 0 Å². The number of aliphatic carboxylic acids is 1. The minimum atomic E-state index is -1.84. The smallest absolute Gasteiger partial charge is 0.326 e. The van der Waals surface area contributed by atoms with Crippen molar-refractivity contribution in [3.05, 3.63) is 18.2 Å². The predicted octanol–water partition coefficient (Wildman–Crippen LogP) is -7.78. The van der Waals surface area contributed by atoms with Crippen LogP contribution in [0.25, 0.3) is 0 Å². The summed E-state index contributed by atoms with van der Waals surface area (Å²) < 4.78 is 0. The summed E-state index contributed by atoms with van der Waals surface area (Å²) in [4.78, 5) is 162. The van der Waals surface area contributed by atoms with E-state index in [0.717, 1.165) is 0 Å². The van der Waals surface area contributed by atoms with Gasteiger partial charge in [-0.15, -0.1) is 0 Å². The van der Waals surface area contributed by atoms with Gasteiger partial charge in [-0.25, -0.2) is 9.78 Å². The van der Waals surface area contributed by atoms with Crippen molar-refractivity contribution in [1.82, 2.24) is 57.8 Å². The lowest BCUT2D eigenvalue weighted by molar-refractivity contribution is -0.144. The third kappa shape index (κ3) is 22.3. The van der Waals surface area contributed by atoms with Crippen molar-refractivity contribution in [3.63, 3.8) is 0 Å². The van der Waals surface area contributed by atoms with Crippen LogP contribution in [0.5, 0.6) is 0 Å². The lowest BCUT2D eigenvalue weighted by Gasteiger charge is -2.29. The number of nitrogens with two attached hydrogens (primary N) is 3. The van der Waals surface area contributed by atoms with Crippen LogP contribution in [0, 0.1) is 17.8 Å². The standard InChI is InChI=1S/C43H72N14O16/c1-18(2)10-24(50-34(63)21(7)44)36(65)51-25(11-22-13-47-17-48-22)37(66)54-27(14-58)38(67)55-29(16-60)40(69)56-32(19(3)4)41(70)49-23(8-9-30(45)61)35(64)53-28(15-59)39(68)57-33(20(5)6)42(71)52-26(43(72)73)12-31(46)62/h13,17-21,23-29,32-33,58-60H,8-12,14-16,44H2,1-7H3,(H2,45,61)(H2,46,62)(H,47,48)(H,49,70)(H,50,63)(H,51,65)(H,52,71)(H,53,64)(H,54,66)(H,55,67)(H,56,69)(H,57,68)(H,72,73)/t21-,23-,24-,25-,26-,27-,28-,29-,32-,33-/m0/s1. The number of carbonyl (C=O) groups excluding carboxylic acids is 11. The molecular formula is C43H72N14O16. The Kier molecular flexibility index (Phi) is 27.2. The minimum absolute atomic E-state index is 0.102. The molecule has 10 atom stereocenters. The zero-order valence-corrected chi connectivity index (χ0v) is 41.7. The lowest BCUT2D eigenvalue weighted by atomic mass is 10.0. The van der Waals surface area contributed by atoms with Gasteiger partial charge in [-0.05, 0) is 37.5 Å². The predicted molar refractivity (Wildman–Crippen MR) is 254 cm³/mol. The molecular weight excluding hydrogens is 969 g/mol. The number of aliphatic hydroxyl groups excluding tert-OH is 3. The molecule has 0 radical (unpaired) electrons. The second-order valence-electron chi connectivity index (χ2n) is 18.1. The largest absolute Gasteiger partial charge is 0.480 e. The van der Waals surface area contributed by atoms with Crippen LogP contribution < -0.4 is 65.1 Å². The number of H-pyrrole nitrogens is 1. The van der Waals surface area contributed by atoms with Gasteiger partial charge in [0.05, 0.1) is 38.6 Å². The van der Waals surface area contributed by atoms with E-state index in [-0.39, 0.29) is 18.8 Å². The zero-order chi connectivity index (χ0) is 55.9. The van der Waals surface area contributed by atoms with Crippen molar-refractivity contribution >= 4 is 70.9 Å². The molecule has 0 aliphatic carbocycles. The molecule has 30 nitrogen and oxygen atoms in total. The summed E-state index contributed by atoms with van der Waals surface area (Å²) in [5.41, 5.74) is 16.4. The number of aromatic amines is 1. The highest BCUT2D eigenvalue weighted by atomic mass is 16.4. The molecule has 73 heavy (non-hydrogen) atoms. The second-order valence-corrected chi connectivity index (χ2v) is 18.1. The van der Waals surface area contributed by atoms with Crippen molar-refractivity contribution in [2.75, 3.05) is 19.8 Å². The number of aliphatic hydroxyl groups is 3. The van der Waals surface area contributed by atoms with Crippen LogP contribution in [-0.4, -0.2) is 182 Å². The summed E-state index contributed by atoms with van der Waals surface area (Å²) in [6.07, 6.45) is 0.826. The zero-order valence-electron chi connectivity index (χ0n) is 41.7. The molecule has 1 heterocycles. The second kappa shape index (κ2) is 31.2. The first-order valence-corrected chi connectivity index (χ1v) is 23.1. The molecule has 0 aromatic carbocycles. The molecule has 1 aromatic rings. The summed E-state index contributed by atoms with van der Waals surface area (Å²) >= 11 is 0. The highest BCUT2D eigenvalue weighted by molar-refractivity contribution is 5.99. The van der Waals surface area contributed by atoms with E-state index in [4.69, 9.17) is 17.2 Å². The molecule has 0 bridgehead atoms. The number of primary amides is 2. The van der Waals surface area contributed by atoms with E-state index in [1.54, 1.807) is 13.8 Å². The van der Waals surface area contributed by atoms with E-state index >= 15 is 0 Å². The van der Waals surface area contributed by atoms with Crippen LogP contribution >= 0.6 is 0 Å². The number of carboxylic acid groups (broad SMARTS) is 1. The Balaban J connectivity index is 3.26. The number of nitrogens with zero attached hydrogens (tertiary/aromatic N) is 1. The third-order valence-corrected chi connectivity index (χ3v) is 10.6. The number of hydrogen-bond acceptors (Lipinski definition) is 17. The maximum atomic E-state index is 13.7. The van der Waals surface area contributed by atoms with Gasteiger partial charge in [-0.2, -0.15) is 0 Å². The van der Waals surface area contributed by atoms with E-state index in [2.05, 4.69) is 57.8 Å². The fourth-order valence-corrected chi connectivity index (χ4v) is 6.56. The number of nitrogens with one attached hydrogen (secondary N) is 10. The molecule has 30 heteroatoms. The van der Waals surface area contributed by atoms with Crippen LogP contribution in [0.15, 0.2) is 12.5 Å². The van der Waals surface area contributed by atoms with E-state index in [1.807, 2.05) is 0 Å². The van der Waals surface area contributed by atoms with Gasteiger partial charge in [0.2, 0.25) is 65.0 Å². The van der Waals surface area contributed by atoms with Crippen LogP contribution in [0.3, 0.4) is 0 Å². The topological polar surface area (TPSA) is 501 Å². The lowest BCUT2D eigenvalue weighted by Crippen LogP contribution is -2.62. The molecule has 0 aliphatic heterocycles. The van der Waals surface area contributed by atoms with E-state index in [0.29, 0.717) is 5.69 Å². The van der Waals surface area contributed by atoms with Gasteiger partial charge >= 0.3 is 5.97 Å². The first-order chi connectivity index (χ1) is 34.1. The maximum Gasteiger partial charge on any atom is 0.326 e. The molecule has 410 valence electrons. The minimum Gasteiger partial charge on any atom is -0.480 e. The Morgan fingerprint density at radius 3 is 1.27 bits per heavy atom. The molecule has 0 fully saturated rings. The Bertz CT molecular complexity index is 2090. The quantitative estimate of drug-likeness (QED) is 0.0311. The van der Waals surface area contributed by atoms with Crippen molar-refractivity contribution in [2.45, 2.75) is 141 Å². The van der Waals surface area contributed by atoms with Gasteiger partial charge in [0, 0.05) is 24.7 Å². The normalized spacial score (nSPS) is 15.3. The van der Waals surface area contributed by atoms with Gasteiger partial charge in [0.25, 0.3) is 0 Å². The van der Waals surface area contributed by atoms with Crippen molar-refractivity contribution in [2.24, 2.45) is 35.0 Å². The first kappa shape index (κ1) is 63.7. The van der Waals surface area contributed by atoms with Gasteiger partial charge < -0.3 is 90.5 Å². The monoisotopic (exact) mass is 1040 g/mol. The molecule has 0 aliphatic rings. The molecule has 11 amide bonds. The average molecular weight is 1040 g/mol. The molecule has 0 saturated carbocycles. The molecule has 0 unspecified atom stereocenters. The number of carboxylic acids is 1. The highest BCUT2D eigenvalue weighted by Gasteiger charge is 2.37. The van der Waals surface area contributed by atoms with Gasteiger partial charge in [-0.1, -0.05) is 41.5 Å². The first-order valence-electron chi connectivity index (χ1n) is 23.1. The van der Waals surface area contributed by atoms with Crippen LogP contribution in [0.1, 0.15) is 79.8 Å². The van der Waals surface area contributed by atoms with Crippen LogP contribution in [0.2, 0.25) is 0 Å². The average Bonchev–Trinajstić information content (AvgIpc) is 3.82. The summed E-state index contributed by atoms with van der Waals surface area (Å²) in [5, 5.41) is 60.6. The molecule has 20 N–H and O–H groups in total. The van der Waals surface area contributed by atoms with Gasteiger partial charge in [0.1, 0.15) is 54.4 Å². The van der Waals surface area contributed by atoms with Crippen LogP contribution in [-0.2, 0) is 64.0 Å². The SMILES string of the molecule is CC(C)C[C@H](NC(=O)[C@H](C)N)C(=O)N[C@@H](Cc1cnc[nH]1)C(=O)N[C@@H](CO)C(=O)N[C@@H](CO)C(=O)N[C@H](C(=O)N[C@@H](CCC(N)=O)C(=O)N[C@@H](CO)C(=O)N[C@H](C(=O)N[C@@H](CC(N)=O)C(=O)O)C(C)C)C(C)C. The summed E-state index contributed by atoms with van der Waals surface area (Å²) in [5.74, 6) is -14.4.